The first kappa shape index (κ1) is 15.8. The molecular weight excluding hydrogens is 290 g/mol. The zero-order chi connectivity index (χ0) is 15.8. The minimum absolute atomic E-state index is 0.172. The van der Waals surface area contributed by atoms with Crippen LogP contribution >= 0.6 is 11.6 Å². The third-order valence-electron chi connectivity index (χ3n) is 2.87. The molecule has 0 saturated heterocycles. The van der Waals surface area contributed by atoms with Crippen LogP contribution in [0.2, 0.25) is 5.15 Å². The van der Waals surface area contributed by atoms with Gasteiger partial charge >= 0.3 is 5.97 Å². The third-order valence-corrected chi connectivity index (χ3v) is 3.06. The van der Waals surface area contributed by atoms with Crippen molar-refractivity contribution in [3.8, 4) is 0 Å². The lowest BCUT2D eigenvalue weighted by molar-refractivity contribution is -0.153. The highest BCUT2D eigenvalue weighted by Crippen LogP contribution is 2.23. The van der Waals surface area contributed by atoms with Crippen molar-refractivity contribution in [2.45, 2.75) is 52.6 Å². The van der Waals surface area contributed by atoms with Crippen molar-refractivity contribution in [2.75, 3.05) is 0 Å². The van der Waals surface area contributed by atoms with Crippen LogP contribution in [0.3, 0.4) is 0 Å². The second kappa shape index (κ2) is 5.64. The monoisotopic (exact) mass is 309 g/mol. The van der Waals surface area contributed by atoms with Crippen LogP contribution in [0.5, 0.6) is 0 Å². The van der Waals surface area contributed by atoms with E-state index in [0.717, 1.165) is 11.3 Å². The van der Waals surface area contributed by atoms with Crippen LogP contribution in [-0.4, -0.2) is 26.2 Å². The van der Waals surface area contributed by atoms with Crippen LogP contribution in [0.15, 0.2) is 12.3 Å². The average molecular weight is 310 g/mol. The lowest BCUT2D eigenvalue weighted by Gasteiger charge is -2.20. The Labute approximate surface area is 129 Å². The molecule has 0 aliphatic carbocycles. The number of esters is 1. The maximum Gasteiger partial charge on any atom is 0.310 e. The van der Waals surface area contributed by atoms with E-state index < -0.39 is 5.60 Å². The van der Waals surface area contributed by atoms with Gasteiger partial charge in [0.1, 0.15) is 5.60 Å². The molecule has 0 unspecified atom stereocenters. The molecule has 0 bridgehead atoms. The summed E-state index contributed by atoms with van der Waals surface area (Å²) in [6.45, 7) is 9.64. The SMILES string of the molecule is CC(C)c1c(CC(=O)OC(C)(C)C)cnc2cc(Cl)nn12. The van der Waals surface area contributed by atoms with E-state index in [1.807, 2.05) is 34.6 Å². The summed E-state index contributed by atoms with van der Waals surface area (Å²) in [5.41, 5.74) is 1.92. The van der Waals surface area contributed by atoms with E-state index >= 15 is 0 Å². The highest BCUT2D eigenvalue weighted by atomic mass is 35.5. The molecule has 21 heavy (non-hydrogen) atoms. The molecule has 2 rings (SSSR count). The van der Waals surface area contributed by atoms with E-state index in [1.54, 1.807) is 16.8 Å². The van der Waals surface area contributed by atoms with Gasteiger partial charge in [-0.3, -0.25) is 4.79 Å². The van der Waals surface area contributed by atoms with Crippen LogP contribution < -0.4 is 0 Å². The third kappa shape index (κ3) is 3.73. The Morgan fingerprint density at radius 1 is 1.43 bits per heavy atom. The largest absolute Gasteiger partial charge is 0.460 e. The van der Waals surface area contributed by atoms with E-state index in [1.165, 1.54) is 0 Å². The molecule has 2 aromatic heterocycles. The summed E-state index contributed by atoms with van der Waals surface area (Å²) in [5.74, 6) is -0.0901. The van der Waals surface area contributed by atoms with E-state index in [4.69, 9.17) is 16.3 Å². The minimum Gasteiger partial charge on any atom is -0.460 e. The average Bonchev–Trinajstić information content (AvgIpc) is 2.65. The van der Waals surface area contributed by atoms with Crippen molar-refractivity contribution < 1.29 is 9.53 Å². The molecule has 0 amide bonds. The van der Waals surface area contributed by atoms with Gasteiger partial charge < -0.3 is 4.74 Å². The van der Waals surface area contributed by atoms with Gasteiger partial charge in [0.15, 0.2) is 10.8 Å². The molecule has 114 valence electrons. The Morgan fingerprint density at radius 3 is 2.67 bits per heavy atom. The second-order valence-corrected chi connectivity index (χ2v) is 6.71. The number of hydrogen-bond acceptors (Lipinski definition) is 4. The van der Waals surface area contributed by atoms with Crippen LogP contribution in [-0.2, 0) is 16.0 Å². The van der Waals surface area contributed by atoms with E-state index in [9.17, 15) is 4.79 Å². The molecular formula is C15H20ClN3O2. The molecule has 0 aliphatic heterocycles. The number of fused-ring (bicyclic) bond motifs is 1. The van der Waals surface area contributed by atoms with Crippen LogP contribution in [0, 0.1) is 0 Å². The summed E-state index contributed by atoms with van der Waals surface area (Å²) in [6.07, 6.45) is 1.87. The first-order valence-electron chi connectivity index (χ1n) is 6.92. The van der Waals surface area contributed by atoms with Crippen LogP contribution in [0.25, 0.3) is 5.65 Å². The normalized spacial score (nSPS) is 12.1. The lowest BCUT2D eigenvalue weighted by atomic mass is 10.0. The summed E-state index contributed by atoms with van der Waals surface area (Å²) in [5, 5.41) is 4.63. The van der Waals surface area contributed by atoms with Gasteiger partial charge in [0.25, 0.3) is 0 Å². The highest BCUT2D eigenvalue weighted by Gasteiger charge is 2.20. The van der Waals surface area contributed by atoms with Crippen molar-refractivity contribution in [2.24, 2.45) is 0 Å². The van der Waals surface area contributed by atoms with Gasteiger partial charge in [-0.2, -0.15) is 5.10 Å². The van der Waals surface area contributed by atoms with Crippen LogP contribution in [0.4, 0.5) is 0 Å². The number of rotatable bonds is 3. The van der Waals surface area contributed by atoms with Gasteiger partial charge in [0.05, 0.1) is 12.1 Å². The standard InChI is InChI=1S/C15H20ClN3O2/c1-9(2)14-10(6-13(20)21-15(3,4)5)8-17-12-7-11(16)18-19(12)14/h7-9H,6H2,1-5H3. The topological polar surface area (TPSA) is 56.5 Å². The number of carbonyl (C=O) groups is 1. The summed E-state index contributed by atoms with van der Waals surface area (Å²) in [4.78, 5) is 16.3. The predicted octanol–water partition coefficient (Wildman–Crippen LogP) is 3.39. The molecule has 6 heteroatoms. The first-order valence-corrected chi connectivity index (χ1v) is 7.30. The fourth-order valence-electron chi connectivity index (χ4n) is 2.24. The van der Waals surface area contributed by atoms with Gasteiger partial charge in [-0.25, -0.2) is 9.50 Å². The minimum atomic E-state index is -0.498. The molecule has 2 aromatic rings. The van der Waals surface area contributed by atoms with E-state index in [2.05, 4.69) is 10.1 Å². The molecule has 0 N–H and O–H groups in total. The summed E-state index contributed by atoms with van der Waals surface area (Å²) < 4.78 is 7.07. The van der Waals surface area contributed by atoms with Crippen LogP contribution in [0.1, 0.15) is 51.8 Å². The van der Waals surface area contributed by atoms with Crippen molar-refractivity contribution in [3.63, 3.8) is 0 Å². The number of hydrogen-bond donors (Lipinski definition) is 0. The molecule has 5 nitrogen and oxygen atoms in total. The fraction of sp³-hybridized carbons (Fsp3) is 0.533. The van der Waals surface area contributed by atoms with E-state index in [-0.39, 0.29) is 18.3 Å². The number of ether oxygens (including phenoxy) is 1. The molecule has 0 fully saturated rings. The Balaban J connectivity index is 2.39. The molecule has 2 heterocycles. The van der Waals surface area contributed by atoms with Gasteiger partial charge in [0.2, 0.25) is 0 Å². The number of carbonyl (C=O) groups excluding carboxylic acids is 1. The summed E-state index contributed by atoms with van der Waals surface area (Å²) in [7, 11) is 0. The molecule has 0 radical (unpaired) electrons. The Hall–Kier alpha value is -1.62. The number of nitrogens with zero attached hydrogens (tertiary/aromatic N) is 3. The lowest BCUT2D eigenvalue weighted by Crippen LogP contribution is -2.25. The van der Waals surface area contributed by atoms with Gasteiger partial charge in [-0.15, -0.1) is 0 Å². The maximum atomic E-state index is 12.0. The van der Waals surface area contributed by atoms with Crippen molar-refractivity contribution in [1.82, 2.24) is 14.6 Å². The highest BCUT2D eigenvalue weighted by molar-refractivity contribution is 6.29. The molecule has 0 aliphatic rings. The summed E-state index contributed by atoms with van der Waals surface area (Å²) >= 11 is 5.94. The molecule has 0 aromatic carbocycles. The Morgan fingerprint density at radius 2 is 2.10 bits per heavy atom. The Kier molecular flexibility index (Phi) is 4.23. The molecule has 0 atom stereocenters. The number of aromatic nitrogens is 3. The summed E-state index contributed by atoms with van der Waals surface area (Å²) in [6, 6.07) is 1.70. The van der Waals surface area contributed by atoms with Gasteiger partial charge in [0, 0.05) is 17.8 Å². The van der Waals surface area contributed by atoms with E-state index in [0.29, 0.717) is 10.8 Å². The van der Waals surface area contributed by atoms with Gasteiger partial charge in [-0.05, 0) is 26.7 Å². The fourth-order valence-corrected chi connectivity index (χ4v) is 2.42. The second-order valence-electron chi connectivity index (χ2n) is 6.32. The van der Waals surface area contributed by atoms with Crippen molar-refractivity contribution in [3.05, 3.63) is 28.7 Å². The maximum absolute atomic E-state index is 12.0. The quantitative estimate of drug-likeness (QED) is 0.815. The predicted molar refractivity (Wildman–Crippen MR) is 81.6 cm³/mol. The van der Waals surface area contributed by atoms with Gasteiger partial charge in [-0.1, -0.05) is 25.4 Å². The Bertz CT molecular complexity index is 671. The van der Waals surface area contributed by atoms with Crippen molar-refractivity contribution in [1.29, 1.82) is 0 Å². The molecule has 0 saturated carbocycles. The van der Waals surface area contributed by atoms with Crippen molar-refractivity contribution >= 4 is 23.2 Å². The smallest absolute Gasteiger partial charge is 0.310 e. The zero-order valence-corrected chi connectivity index (χ0v) is 13.7. The first-order chi connectivity index (χ1) is 9.67. The zero-order valence-electron chi connectivity index (χ0n) is 13.0. The number of halogens is 1. The molecule has 0 spiro atoms.